The van der Waals surface area contributed by atoms with Gasteiger partial charge in [0, 0.05) is 24.3 Å². The third-order valence-corrected chi connectivity index (χ3v) is 7.33. The molecule has 0 aromatic heterocycles. The van der Waals surface area contributed by atoms with Crippen molar-refractivity contribution in [2.75, 3.05) is 25.0 Å². The van der Waals surface area contributed by atoms with E-state index in [1.165, 1.54) is 29.3 Å². The average Bonchev–Trinajstić information content (AvgIpc) is 2.80. The summed E-state index contributed by atoms with van der Waals surface area (Å²) in [5.41, 5.74) is 1.03. The largest absolute Gasteiger partial charge is 0.494 e. The summed E-state index contributed by atoms with van der Waals surface area (Å²) in [5.74, 6) is 0.381. The van der Waals surface area contributed by atoms with Crippen molar-refractivity contribution < 1.29 is 17.9 Å². The fourth-order valence-corrected chi connectivity index (χ4v) is 4.85. The van der Waals surface area contributed by atoms with Gasteiger partial charge in [-0.15, -0.1) is 0 Å². The Balaban J connectivity index is 1.88. The van der Waals surface area contributed by atoms with Gasteiger partial charge in [0.05, 0.1) is 11.5 Å². The number of nitrogens with one attached hydrogen (secondary N) is 2. The molecule has 0 bridgehead atoms. The predicted octanol–water partition coefficient (Wildman–Crippen LogP) is 4.80. The molecule has 0 saturated carbocycles. The van der Waals surface area contributed by atoms with Gasteiger partial charge in [0.15, 0.2) is 5.11 Å². The smallest absolute Gasteiger partial charge is 0.257 e. The molecular weight excluding hydrogens is 458 g/mol. The van der Waals surface area contributed by atoms with Crippen LogP contribution in [0, 0.1) is 0 Å². The van der Waals surface area contributed by atoms with Crippen molar-refractivity contribution in [3.05, 3.63) is 54.1 Å². The Labute approximate surface area is 202 Å². The molecule has 7 nitrogen and oxygen atoms in total. The van der Waals surface area contributed by atoms with Crippen LogP contribution in [-0.2, 0) is 10.0 Å². The number of nitrogens with zero attached hydrogens (tertiary/aromatic N) is 1. The number of rotatable bonds is 12. The van der Waals surface area contributed by atoms with E-state index in [0.717, 1.165) is 18.6 Å². The highest BCUT2D eigenvalue weighted by atomic mass is 32.2. The lowest BCUT2D eigenvalue weighted by atomic mass is 10.2. The van der Waals surface area contributed by atoms with E-state index in [-0.39, 0.29) is 15.9 Å². The van der Waals surface area contributed by atoms with Gasteiger partial charge in [-0.2, -0.15) is 4.31 Å². The van der Waals surface area contributed by atoms with Gasteiger partial charge < -0.3 is 10.1 Å². The Hall–Kier alpha value is -2.49. The molecule has 2 rings (SSSR count). The number of anilines is 1. The zero-order chi connectivity index (χ0) is 24.3. The molecule has 33 heavy (non-hydrogen) atoms. The molecule has 0 heterocycles. The fourth-order valence-electron chi connectivity index (χ4n) is 3.18. The summed E-state index contributed by atoms with van der Waals surface area (Å²) < 4.78 is 32.2. The van der Waals surface area contributed by atoms with Crippen LogP contribution in [0.25, 0.3) is 0 Å². The van der Waals surface area contributed by atoms with E-state index in [0.29, 0.717) is 30.9 Å². The minimum atomic E-state index is -3.52. The second kappa shape index (κ2) is 13.3. The van der Waals surface area contributed by atoms with Crippen molar-refractivity contribution in [1.29, 1.82) is 0 Å². The molecule has 9 heteroatoms. The van der Waals surface area contributed by atoms with Crippen LogP contribution in [0.4, 0.5) is 5.69 Å². The van der Waals surface area contributed by atoms with Crippen LogP contribution in [0.3, 0.4) is 0 Å². The number of thiocarbonyl (C=S) groups is 1. The summed E-state index contributed by atoms with van der Waals surface area (Å²) in [5, 5.41) is 5.65. The normalized spacial score (nSPS) is 11.3. The molecule has 2 aromatic rings. The van der Waals surface area contributed by atoms with E-state index in [4.69, 9.17) is 17.0 Å². The number of carbonyl (C=O) groups excluding carboxylic acids is 1. The first-order valence-corrected chi connectivity index (χ1v) is 13.1. The van der Waals surface area contributed by atoms with Crippen LogP contribution in [0.1, 0.15) is 56.8 Å². The number of benzene rings is 2. The highest BCUT2D eigenvalue weighted by molar-refractivity contribution is 7.89. The van der Waals surface area contributed by atoms with E-state index in [1.54, 1.807) is 50.2 Å². The van der Waals surface area contributed by atoms with Gasteiger partial charge in [0.2, 0.25) is 10.0 Å². The Kier molecular flexibility index (Phi) is 10.8. The maximum absolute atomic E-state index is 12.6. The average molecular weight is 492 g/mol. The van der Waals surface area contributed by atoms with Crippen LogP contribution >= 0.6 is 12.2 Å². The van der Waals surface area contributed by atoms with E-state index in [1.807, 2.05) is 0 Å². The van der Waals surface area contributed by atoms with Crippen molar-refractivity contribution in [3.8, 4) is 5.75 Å². The standard InChI is InChI=1S/C24H33N3O4S2/c1-4-7-8-9-18-31-21-14-10-19(11-15-21)23(28)26-24(32)25-20-12-16-22(17-13-20)33(29,30)27(5-2)6-3/h10-17H,4-9,18H2,1-3H3,(H2,25,26,28,32). The number of amides is 1. The molecule has 2 N–H and O–H groups in total. The molecule has 0 aliphatic carbocycles. The summed E-state index contributed by atoms with van der Waals surface area (Å²) in [6.45, 7) is 7.24. The maximum Gasteiger partial charge on any atom is 0.257 e. The van der Waals surface area contributed by atoms with E-state index < -0.39 is 10.0 Å². The molecule has 1 amide bonds. The number of carbonyl (C=O) groups is 1. The molecular formula is C24H33N3O4S2. The van der Waals surface area contributed by atoms with Gasteiger partial charge >= 0.3 is 0 Å². The molecule has 0 radical (unpaired) electrons. The number of unbranched alkanes of at least 4 members (excludes halogenated alkanes) is 3. The SMILES string of the molecule is CCCCCCOc1ccc(C(=O)NC(=S)Nc2ccc(S(=O)(=O)N(CC)CC)cc2)cc1. The number of hydrogen-bond acceptors (Lipinski definition) is 5. The highest BCUT2D eigenvalue weighted by Gasteiger charge is 2.21. The lowest BCUT2D eigenvalue weighted by molar-refractivity contribution is 0.0977. The molecule has 2 aromatic carbocycles. The first kappa shape index (κ1) is 26.8. The summed E-state index contributed by atoms with van der Waals surface area (Å²) in [6, 6.07) is 13.2. The predicted molar refractivity (Wildman–Crippen MR) is 136 cm³/mol. The molecule has 0 fully saturated rings. The van der Waals surface area contributed by atoms with Crippen LogP contribution in [0.5, 0.6) is 5.75 Å². The van der Waals surface area contributed by atoms with Crippen LogP contribution in [0.2, 0.25) is 0 Å². The van der Waals surface area contributed by atoms with Crippen LogP contribution < -0.4 is 15.4 Å². The van der Waals surface area contributed by atoms with Crippen LogP contribution in [0.15, 0.2) is 53.4 Å². The summed E-state index contributed by atoms with van der Waals surface area (Å²) in [4.78, 5) is 12.7. The maximum atomic E-state index is 12.6. The Morgan fingerprint density at radius 3 is 2.15 bits per heavy atom. The van der Waals surface area contributed by atoms with Gasteiger partial charge in [-0.25, -0.2) is 8.42 Å². The van der Waals surface area contributed by atoms with Crippen molar-refractivity contribution in [2.45, 2.75) is 51.3 Å². The van der Waals surface area contributed by atoms with E-state index in [2.05, 4.69) is 17.6 Å². The van der Waals surface area contributed by atoms with Gasteiger partial charge in [-0.05, 0) is 67.2 Å². The van der Waals surface area contributed by atoms with E-state index in [9.17, 15) is 13.2 Å². The Morgan fingerprint density at radius 1 is 0.939 bits per heavy atom. The van der Waals surface area contributed by atoms with Gasteiger partial charge in [0.1, 0.15) is 5.75 Å². The minimum Gasteiger partial charge on any atom is -0.494 e. The minimum absolute atomic E-state index is 0.121. The lowest BCUT2D eigenvalue weighted by Gasteiger charge is -2.18. The highest BCUT2D eigenvalue weighted by Crippen LogP contribution is 2.18. The number of hydrogen-bond donors (Lipinski definition) is 2. The van der Waals surface area contributed by atoms with Gasteiger partial charge in [-0.1, -0.05) is 40.0 Å². The zero-order valence-electron chi connectivity index (χ0n) is 19.5. The summed E-state index contributed by atoms with van der Waals surface area (Å²) >= 11 is 5.22. The monoisotopic (exact) mass is 491 g/mol. The van der Waals surface area contributed by atoms with Crippen molar-refractivity contribution in [1.82, 2.24) is 9.62 Å². The number of sulfonamides is 1. The molecule has 0 saturated heterocycles. The van der Waals surface area contributed by atoms with Crippen molar-refractivity contribution in [2.24, 2.45) is 0 Å². The zero-order valence-corrected chi connectivity index (χ0v) is 21.1. The lowest BCUT2D eigenvalue weighted by Crippen LogP contribution is -2.34. The topological polar surface area (TPSA) is 87.7 Å². The van der Waals surface area contributed by atoms with E-state index >= 15 is 0 Å². The molecule has 0 unspecified atom stereocenters. The Morgan fingerprint density at radius 2 is 1.58 bits per heavy atom. The molecule has 0 atom stereocenters. The third-order valence-electron chi connectivity index (χ3n) is 5.07. The second-order valence-electron chi connectivity index (χ2n) is 7.46. The van der Waals surface area contributed by atoms with Gasteiger partial charge in [0.25, 0.3) is 5.91 Å². The molecule has 0 aliphatic heterocycles. The first-order chi connectivity index (χ1) is 15.8. The third kappa shape index (κ3) is 8.10. The number of ether oxygens (including phenoxy) is 1. The molecule has 0 aliphatic rings. The van der Waals surface area contributed by atoms with Crippen LogP contribution in [-0.4, -0.2) is 43.4 Å². The second-order valence-corrected chi connectivity index (χ2v) is 9.80. The van der Waals surface area contributed by atoms with Crippen molar-refractivity contribution in [3.63, 3.8) is 0 Å². The quantitative estimate of drug-likeness (QED) is 0.327. The molecule has 0 spiro atoms. The first-order valence-electron chi connectivity index (χ1n) is 11.3. The fraction of sp³-hybridized carbons (Fsp3) is 0.417. The Bertz CT molecular complexity index is 1000. The van der Waals surface area contributed by atoms with Gasteiger partial charge in [-0.3, -0.25) is 10.1 Å². The molecule has 180 valence electrons. The summed E-state index contributed by atoms with van der Waals surface area (Å²) in [7, 11) is -3.52. The van der Waals surface area contributed by atoms with Crippen molar-refractivity contribution >= 4 is 38.9 Å². The summed E-state index contributed by atoms with van der Waals surface area (Å²) in [6.07, 6.45) is 4.55.